The van der Waals surface area contributed by atoms with E-state index in [-0.39, 0.29) is 17.6 Å². The Morgan fingerprint density at radius 1 is 1.26 bits per heavy atom. The van der Waals surface area contributed by atoms with E-state index < -0.39 is 0 Å². The van der Waals surface area contributed by atoms with E-state index in [2.05, 4.69) is 10.3 Å². The molecule has 2 aromatic rings. The third-order valence-corrected chi connectivity index (χ3v) is 3.79. The highest BCUT2D eigenvalue weighted by atomic mass is 19.1. The molecule has 0 aliphatic rings. The van der Waals surface area contributed by atoms with Crippen molar-refractivity contribution >= 4 is 5.91 Å². The van der Waals surface area contributed by atoms with E-state index in [4.69, 9.17) is 0 Å². The summed E-state index contributed by atoms with van der Waals surface area (Å²) in [5, 5.41) is 2.63. The van der Waals surface area contributed by atoms with Gasteiger partial charge in [0.25, 0.3) is 0 Å². The first-order valence-corrected chi connectivity index (χ1v) is 7.60. The molecule has 0 aliphatic carbocycles. The van der Waals surface area contributed by atoms with Crippen LogP contribution in [0.15, 0.2) is 42.7 Å². The highest BCUT2D eigenvalue weighted by Crippen LogP contribution is 2.22. The van der Waals surface area contributed by atoms with E-state index in [0.717, 1.165) is 11.1 Å². The van der Waals surface area contributed by atoms with E-state index in [1.165, 1.54) is 0 Å². The molecule has 1 heterocycles. The molecule has 0 saturated heterocycles. The molecule has 1 atom stereocenters. The Hall–Kier alpha value is -2.27. The van der Waals surface area contributed by atoms with Crippen LogP contribution in [0.2, 0.25) is 0 Å². The Kier molecular flexibility index (Phi) is 5.82. The number of nitrogens with zero attached hydrogens (tertiary/aromatic N) is 2. The van der Waals surface area contributed by atoms with Gasteiger partial charge in [0.1, 0.15) is 5.82 Å². The summed E-state index contributed by atoms with van der Waals surface area (Å²) in [5.41, 5.74) is 2.39. The van der Waals surface area contributed by atoms with Crippen LogP contribution in [-0.2, 0) is 11.3 Å². The predicted octanol–water partition coefficient (Wildman–Crippen LogP) is 2.70. The number of halogens is 1. The lowest BCUT2D eigenvalue weighted by Crippen LogP contribution is -2.34. The van der Waals surface area contributed by atoms with Crippen molar-refractivity contribution in [2.75, 3.05) is 20.6 Å². The van der Waals surface area contributed by atoms with Crippen molar-refractivity contribution in [1.29, 1.82) is 0 Å². The van der Waals surface area contributed by atoms with Crippen molar-refractivity contribution in [2.45, 2.75) is 13.5 Å². The second kappa shape index (κ2) is 7.83. The number of benzene rings is 1. The van der Waals surface area contributed by atoms with Gasteiger partial charge in [0.2, 0.25) is 5.91 Å². The third kappa shape index (κ3) is 4.60. The summed E-state index contributed by atoms with van der Waals surface area (Å²) in [6.07, 6.45) is 3.38. The minimum atomic E-state index is -0.237. The minimum absolute atomic E-state index is 0.00893. The molecule has 0 aliphatic heterocycles. The lowest BCUT2D eigenvalue weighted by molar-refractivity contribution is -0.124. The predicted molar refractivity (Wildman–Crippen MR) is 89.2 cm³/mol. The molecule has 0 spiro atoms. The van der Waals surface area contributed by atoms with E-state index in [1.54, 1.807) is 31.6 Å². The first-order valence-electron chi connectivity index (χ1n) is 7.60. The van der Waals surface area contributed by atoms with Crippen LogP contribution in [0.25, 0.3) is 11.1 Å². The summed E-state index contributed by atoms with van der Waals surface area (Å²) in [6, 6.07) is 8.95. The Morgan fingerprint density at radius 3 is 2.57 bits per heavy atom. The van der Waals surface area contributed by atoms with E-state index in [9.17, 15) is 9.18 Å². The highest BCUT2D eigenvalue weighted by molar-refractivity contribution is 5.78. The number of hydrogen-bond acceptors (Lipinski definition) is 3. The van der Waals surface area contributed by atoms with Crippen molar-refractivity contribution in [2.24, 2.45) is 5.92 Å². The van der Waals surface area contributed by atoms with Crippen LogP contribution in [-0.4, -0.2) is 36.4 Å². The molecule has 0 saturated carbocycles. The van der Waals surface area contributed by atoms with Gasteiger partial charge in [0.05, 0.1) is 0 Å². The first-order chi connectivity index (χ1) is 11.0. The number of rotatable bonds is 6. The quantitative estimate of drug-likeness (QED) is 0.891. The van der Waals surface area contributed by atoms with Gasteiger partial charge in [-0.3, -0.25) is 9.78 Å². The molecule has 1 aromatic carbocycles. The summed E-state index contributed by atoms with van der Waals surface area (Å²) in [6.45, 7) is 2.90. The lowest BCUT2D eigenvalue weighted by atomic mass is 10.0. The van der Waals surface area contributed by atoms with E-state index >= 15 is 0 Å². The van der Waals surface area contributed by atoms with Crippen LogP contribution >= 0.6 is 0 Å². The fourth-order valence-corrected chi connectivity index (χ4v) is 2.55. The van der Waals surface area contributed by atoms with Crippen LogP contribution in [0.3, 0.4) is 0 Å². The molecular weight excluding hydrogens is 293 g/mol. The summed E-state index contributed by atoms with van der Waals surface area (Å²) in [5.74, 6) is -0.381. The highest BCUT2D eigenvalue weighted by Gasteiger charge is 2.15. The molecule has 5 heteroatoms. The fraction of sp³-hybridized carbons (Fsp3) is 0.333. The molecule has 0 unspecified atom stereocenters. The van der Waals surface area contributed by atoms with Gasteiger partial charge >= 0.3 is 0 Å². The molecule has 23 heavy (non-hydrogen) atoms. The lowest BCUT2D eigenvalue weighted by Gasteiger charge is -2.21. The smallest absolute Gasteiger partial charge is 0.223 e. The Bertz CT molecular complexity index is 661. The maximum absolute atomic E-state index is 14.3. The topological polar surface area (TPSA) is 45.2 Å². The number of pyridine rings is 1. The molecule has 1 aromatic heterocycles. The number of nitrogens with one attached hydrogen (secondary N) is 1. The normalized spacial score (nSPS) is 12.2. The average molecular weight is 315 g/mol. The van der Waals surface area contributed by atoms with Crippen LogP contribution in [0.1, 0.15) is 12.5 Å². The van der Waals surface area contributed by atoms with Gasteiger partial charge in [0.15, 0.2) is 0 Å². The van der Waals surface area contributed by atoms with Crippen LogP contribution in [0.5, 0.6) is 0 Å². The van der Waals surface area contributed by atoms with Gasteiger partial charge in [-0.05, 0) is 36.4 Å². The van der Waals surface area contributed by atoms with Crippen molar-refractivity contribution in [1.82, 2.24) is 15.2 Å². The van der Waals surface area contributed by atoms with Crippen LogP contribution in [0, 0.1) is 11.7 Å². The summed E-state index contributed by atoms with van der Waals surface area (Å²) in [4.78, 5) is 17.5. The molecule has 0 bridgehead atoms. The number of amides is 1. The zero-order valence-electron chi connectivity index (χ0n) is 13.7. The number of hydrogen-bond donors (Lipinski definition) is 1. The van der Waals surface area contributed by atoms with Crippen molar-refractivity contribution in [3.63, 3.8) is 0 Å². The van der Waals surface area contributed by atoms with Gasteiger partial charge in [-0.1, -0.05) is 19.1 Å². The second-order valence-corrected chi connectivity index (χ2v) is 5.75. The zero-order valence-corrected chi connectivity index (χ0v) is 13.7. The second-order valence-electron chi connectivity index (χ2n) is 5.75. The van der Waals surface area contributed by atoms with Crippen molar-refractivity contribution in [3.05, 3.63) is 54.1 Å². The van der Waals surface area contributed by atoms with Gasteiger partial charge < -0.3 is 10.2 Å². The van der Waals surface area contributed by atoms with E-state index in [0.29, 0.717) is 18.7 Å². The number of carbonyl (C=O) groups is 1. The number of carbonyl (C=O) groups excluding carboxylic acids is 1. The van der Waals surface area contributed by atoms with Crippen LogP contribution in [0.4, 0.5) is 4.39 Å². The Balaban J connectivity index is 2.05. The largest absolute Gasteiger partial charge is 0.359 e. The van der Waals surface area contributed by atoms with Gasteiger partial charge in [-0.15, -0.1) is 0 Å². The van der Waals surface area contributed by atoms with Crippen LogP contribution < -0.4 is 5.32 Å². The molecule has 2 rings (SSSR count). The van der Waals surface area contributed by atoms with Crippen molar-refractivity contribution < 1.29 is 9.18 Å². The molecule has 4 nitrogen and oxygen atoms in total. The minimum Gasteiger partial charge on any atom is -0.359 e. The molecule has 1 N–H and O–H groups in total. The molecule has 122 valence electrons. The Labute approximate surface area is 136 Å². The summed E-state index contributed by atoms with van der Waals surface area (Å²) < 4.78 is 14.3. The Morgan fingerprint density at radius 2 is 1.96 bits per heavy atom. The number of aromatic nitrogens is 1. The summed E-state index contributed by atoms with van der Waals surface area (Å²) in [7, 11) is 3.51. The maximum atomic E-state index is 14.3. The van der Waals surface area contributed by atoms with E-state index in [1.807, 2.05) is 37.1 Å². The van der Waals surface area contributed by atoms with Gasteiger partial charge in [-0.2, -0.15) is 0 Å². The summed E-state index contributed by atoms with van der Waals surface area (Å²) >= 11 is 0. The first kappa shape index (κ1) is 17.1. The zero-order chi connectivity index (χ0) is 16.8. The maximum Gasteiger partial charge on any atom is 0.223 e. The molecular formula is C18H22FN3O. The molecule has 0 fully saturated rings. The van der Waals surface area contributed by atoms with Crippen molar-refractivity contribution in [3.8, 4) is 11.1 Å². The van der Waals surface area contributed by atoms with Gasteiger partial charge in [-0.25, -0.2) is 4.39 Å². The monoisotopic (exact) mass is 315 g/mol. The standard InChI is InChI=1S/C18H22FN3O/c1-13(18(23)20-2)11-22(3)12-16-5-4-15(10-17(16)19)14-6-8-21-9-7-14/h4-10,13H,11-12H2,1-3H3,(H,20,23)/t13-/m0/s1. The fourth-order valence-electron chi connectivity index (χ4n) is 2.55. The van der Waals surface area contributed by atoms with Gasteiger partial charge in [0, 0.05) is 44.0 Å². The SMILES string of the molecule is CNC(=O)[C@@H](C)CN(C)Cc1ccc(-c2ccncc2)cc1F. The molecule has 1 amide bonds. The molecule has 0 radical (unpaired) electrons. The third-order valence-electron chi connectivity index (χ3n) is 3.79. The average Bonchev–Trinajstić information content (AvgIpc) is 2.56.